The van der Waals surface area contributed by atoms with Gasteiger partial charge in [-0.05, 0) is 31.0 Å². The minimum absolute atomic E-state index is 0.334. The van der Waals surface area contributed by atoms with Gasteiger partial charge in [-0.15, -0.1) is 0 Å². The van der Waals surface area contributed by atoms with E-state index in [0.717, 1.165) is 36.3 Å². The monoisotopic (exact) mass is 462 g/mol. The average molecular weight is 463 g/mol. The van der Waals surface area contributed by atoms with Crippen LogP contribution in [0, 0.1) is 5.82 Å². The lowest BCUT2D eigenvalue weighted by atomic mass is 10.1. The zero-order chi connectivity index (χ0) is 22.6. The number of aromatic nitrogens is 3. The first kappa shape index (κ1) is 20.4. The Hall–Kier alpha value is -3.01. The number of rotatable bonds is 4. The first-order valence-electron chi connectivity index (χ1n) is 12.1. The molecule has 3 saturated heterocycles. The van der Waals surface area contributed by atoms with E-state index in [2.05, 4.69) is 20.1 Å². The second-order valence-corrected chi connectivity index (χ2v) is 9.59. The topological polar surface area (TPSA) is 82.5 Å². The Morgan fingerprint density at radius 2 is 1.88 bits per heavy atom. The largest absolute Gasteiger partial charge is 0.454 e. The van der Waals surface area contributed by atoms with Gasteiger partial charge in [0.15, 0.2) is 17.2 Å². The van der Waals surface area contributed by atoms with Crippen LogP contribution in [0.4, 0.5) is 10.2 Å². The molecule has 3 aliphatic heterocycles. The molecule has 34 heavy (non-hydrogen) atoms. The Bertz CT molecular complexity index is 1350. The summed E-state index contributed by atoms with van der Waals surface area (Å²) in [5.41, 5.74) is 2.65. The Morgan fingerprint density at radius 3 is 2.71 bits per heavy atom. The van der Waals surface area contributed by atoms with Gasteiger partial charge in [0.05, 0.1) is 25.3 Å². The lowest BCUT2D eigenvalue weighted by Crippen LogP contribution is -2.50. The molecular formula is C25H27FN6O2. The van der Waals surface area contributed by atoms with Crippen molar-refractivity contribution in [1.82, 2.24) is 25.2 Å². The van der Waals surface area contributed by atoms with E-state index in [4.69, 9.17) is 19.1 Å². The van der Waals surface area contributed by atoms with E-state index in [1.165, 1.54) is 18.9 Å². The van der Waals surface area contributed by atoms with E-state index in [0.29, 0.717) is 66.7 Å². The number of furan rings is 1. The molecule has 0 spiro atoms. The third kappa shape index (κ3) is 3.46. The molecule has 0 saturated carbocycles. The van der Waals surface area contributed by atoms with Gasteiger partial charge in [0, 0.05) is 61.4 Å². The number of nitrogens with one attached hydrogen (secondary N) is 2. The zero-order valence-electron chi connectivity index (χ0n) is 18.9. The quantitative estimate of drug-likeness (QED) is 0.482. The number of halogens is 1. The van der Waals surface area contributed by atoms with Gasteiger partial charge in [-0.3, -0.25) is 4.90 Å². The van der Waals surface area contributed by atoms with Crippen LogP contribution in [0.2, 0.25) is 0 Å². The number of H-pyrrole nitrogens is 1. The predicted molar refractivity (Wildman–Crippen MR) is 127 cm³/mol. The molecule has 2 N–H and O–H groups in total. The van der Waals surface area contributed by atoms with E-state index in [9.17, 15) is 0 Å². The maximum absolute atomic E-state index is 15.1. The highest BCUT2D eigenvalue weighted by Crippen LogP contribution is 2.35. The summed E-state index contributed by atoms with van der Waals surface area (Å²) < 4.78 is 27.0. The van der Waals surface area contributed by atoms with Gasteiger partial charge in [0.2, 0.25) is 0 Å². The van der Waals surface area contributed by atoms with Crippen LogP contribution in [0.1, 0.15) is 18.6 Å². The summed E-state index contributed by atoms with van der Waals surface area (Å²) in [6.45, 7) is 5.46. The number of piperazine rings is 1. The molecule has 1 aromatic carbocycles. The van der Waals surface area contributed by atoms with E-state index in [1.807, 2.05) is 18.3 Å². The molecular weight excluding hydrogens is 435 g/mol. The molecule has 0 amide bonds. The molecule has 6 heterocycles. The molecule has 7 rings (SSSR count). The molecule has 176 valence electrons. The van der Waals surface area contributed by atoms with Crippen LogP contribution in [0.25, 0.3) is 33.4 Å². The maximum Gasteiger partial charge on any atom is 0.195 e. The summed E-state index contributed by atoms with van der Waals surface area (Å²) in [5.74, 6) is 1.63. The first-order valence-corrected chi connectivity index (χ1v) is 12.1. The molecule has 0 aliphatic carbocycles. The van der Waals surface area contributed by atoms with Crippen molar-refractivity contribution in [2.45, 2.75) is 31.5 Å². The molecule has 0 radical (unpaired) electrons. The van der Waals surface area contributed by atoms with Crippen molar-refractivity contribution in [2.75, 3.05) is 44.3 Å². The van der Waals surface area contributed by atoms with Crippen LogP contribution in [-0.2, 0) is 11.3 Å². The Kier molecular flexibility index (Phi) is 4.82. The van der Waals surface area contributed by atoms with E-state index < -0.39 is 0 Å². The van der Waals surface area contributed by atoms with Crippen molar-refractivity contribution in [3.63, 3.8) is 0 Å². The van der Waals surface area contributed by atoms with Gasteiger partial charge in [-0.25, -0.2) is 14.4 Å². The average Bonchev–Trinajstić information content (AvgIpc) is 3.57. The number of nitrogens with zero attached hydrogens (tertiary/aromatic N) is 4. The summed E-state index contributed by atoms with van der Waals surface area (Å²) in [6, 6.07) is 8.23. The molecule has 9 heteroatoms. The number of likely N-dealkylation sites (tertiary alicyclic amines) is 1. The normalized spacial score (nSPS) is 23.4. The third-order valence-electron chi connectivity index (χ3n) is 7.29. The van der Waals surface area contributed by atoms with Gasteiger partial charge < -0.3 is 24.4 Å². The SMILES string of the molecule is Fc1ccc2[nH]ccc2c1-c1nc(N2CCOCC2)c2oc(CN3CC4CCC(C3)N4)cc2n1. The third-order valence-corrected chi connectivity index (χ3v) is 7.29. The minimum Gasteiger partial charge on any atom is -0.454 e. The summed E-state index contributed by atoms with van der Waals surface area (Å²) >= 11 is 0. The number of hydrogen-bond acceptors (Lipinski definition) is 7. The molecule has 2 bridgehead atoms. The standard InChI is InChI=1S/C25H27FN6O2/c26-19-3-4-20-18(5-6-27-20)22(19)24-29-21-11-17(14-31-12-15-1-2-16(13-31)28-15)34-23(21)25(30-24)32-7-9-33-10-8-32/h3-6,11,15-16,27-28H,1-2,7-10,12-14H2. The molecule has 3 aliphatic rings. The van der Waals surface area contributed by atoms with Gasteiger partial charge in [-0.1, -0.05) is 0 Å². The second-order valence-electron chi connectivity index (χ2n) is 9.59. The van der Waals surface area contributed by atoms with E-state index in [-0.39, 0.29) is 5.82 Å². The number of hydrogen-bond donors (Lipinski definition) is 2. The van der Waals surface area contributed by atoms with E-state index >= 15 is 4.39 Å². The van der Waals surface area contributed by atoms with Gasteiger partial charge >= 0.3 is 0 Å². The summed E-state index contributed by atoms with van der Waals surface area (Å²) in [6.07, 6.45) is 4.30. The van der Waals surface area contributed by atoms with Crippen LogP contribution >= 0.6 is 0 Å². The van der Waals surface area contributed by atoms with Crippen molar-refractivity contribution in [1.29, 1.82) is 0 Å². The first-order chi connectivity index (χ1) is 16.7. The lowest BCUT2D eigenvalue weighted by Gasteiger charge is -2.32. The maximum atomic E-state index is 15.1. The van der Waals surface area contributed by atoms with Gasteiger partial charge in [0.25, 0.3) is 0 Å². The van der Waals surface area contributed by atoms with Crippen LogP contribution in [0.15, 0.2) is 34.9 Å². The highest BCUT2D eigenvalue weighted by molar-refractivity contribution is 5.96. The molecule has 2 unspecified atom stereocenters. The predicted octanol–water partition coefficient (Wildman–Crippen LogP) is 3.28. The van der Waals surface area contributed by atoms with E-state index in [1.54, 1.807) is 6.07 Å². The van der Waals surface area contributed by atoms with Gasteiger partial charge in [0.1, 0.15) is 17.1 Å². The van der Waals surface area contributed by atoms with Crippen LogP contribution < -0.4 is 10.2 Å². The number of ether oxygens (including phenoxy) is 1. The summed E-state index contributed by atoms with van der Waals surface area (Å²) in [7, 11) is 0. The zero-order valence-corrected chi connectivity index (χ0v) is 18.9. The van der Waals surface area contributed by atoms with Crippen LogP contribution in [0.3, 0.4) is 0 Å². The Morgan fingerprint density at radius 1 is 1.06 bits per heavy atom. The Labute approximate surface area is 196 Å². The summed E-state index contributed by atoms with van der Waals surface area (Å²) in [5, 5.41) is 4.45. The fourth-order valence-corrected chi connectivity index (χ4v) is 5.72. The van der Waals surface area contributed by atoms with Gasteiger partial charge in [-0.2, -0.15) is 0 Å². The molecule has 2 atom stereocenters. The smallest absolute Gasteiger partial charge is 0.195 e. The van der Waals surface area contributed by atoms with Crippen molar-refractivity contribution >= 4 is 27.8 Å². The lowest BCUT2D eigenvalue weighted by molar-refractivity contribution is 0.122. The van der Waals surface area contributed by atoms with Crippen molar-refractivity contribution < 1.29 is 13.5 Å². The van der Waals surface area contributed by atoms with Crippen molar-refractivity contribution in [2.24, 2.45) is 0 Å². The highest BCUT2D eigenvalue weighted by Gasteiger charge is 2.32. The van der Waals surface area contributed by atoms with Crippen LogP contribution in [0.5, 0.6) is 0 Å². The molecule has 8 nitrogen and oxygen atoms in total. The Balaban J connectivity index is 1.33. The number of anilines is 1. The van der Waals surface area contributed by atoms with Crippen LogP contribution in [-0.4, -0.2) is 71.3 Å². The molecule has 3 fully saturated rings. The second kappa shape index (κ2) is 8.04. The number of morpholine rings is 1. The minimum atomic E-state index is -0.334. The number of aromatic amines is 1. The fourth-order valence-electron chi connectivity index (χ4n) is 5.72. The van der Waals surface area contributed by atoms with Crippen molar-refractivity contribution in [3.8, 4) is 11.4 Å². The summed E-state index contributed by atoms with van der Waals surface area (Å²) in [4.78, 5) is 17.4. The van der Waals surface area contributed by atoms with Crippen molar-refractivity contribution in [3.05, 3.63) is 42.0 Å². The number of fused-ring (bicyclic) bond motifs is 4. The highest BCUT2D eigenvalue weighted by atomic mass is 19.1. The molecule has 4 aromatic rings. The molecule has 3 aromatic heterocycles. The fraction of sp³-hybridized carbons (Fsp3) is 0.440. The number of benzene rings is 1.